The first-order chi connectivity index (χ1) is 10.4. The van der Waals surface area contributed by atoms with Crippen LogP contribution in [-0.4, -0.2) is 38.8 Å². The molecule has 4 heteroatoms. The average molecular weight is 304 g/mol. The summed E-state index contributed by atoms with van der Waals surface area (Å²) < 4.78 is 5.67. The molecule has 0 radical (unpaired) electrons. The van der Waals surface area contributed by atoms with Crippen molar-refractivity contribution in [2.75, 3.05) is 32.1 Å². The second kappa shape index (κ2) is 7.14. The predicted molar refractivity (Wildman–Crippen MR) is 90.2 cm³/mol. The molecule has 1 aliphatic heterocycles. The summed E-state index contributed by atoms with van der Waals surface area (Å²) in [6, 6.07) is 8.47. The Balaban J connectivity index is 1.77. The number of nitrogens with zero attached hydrogens (tertiary/aromatic N) is 1. The lowest BCUT2D eigenvalue weighted by atomic mass is 9.88. The number of anilines is 1. The summed E-state index contributed by atoms with van der Waals surface area (Å²) in [5, 5.41) is 3.07. The summed E-state index contributed by atoms with van der Waals surface area (Å²) in [7, 11) is 4.06. The van der Waals surface area contributed by atoms with Crippen molar-refractivity contribution >= 4 is 11.6 Å². The van der Waals surface area contributed by atoms with Crippen molar-refractivity contribution in [3.63, 3.8) is 0 Å². The lowest BCUT2D eigenvalue weighted by molar-refractivity contribution is -0.135. The molecule has 1 aliphatic rings. The maximum absolute atomic E-state index is 12.2. The highest BCUT2D eigenvalue weighted by molar-refractivity contribution is 5.78. The van der Waals surface area contributed by atoms with E-state index in [1.54, 1.807) is 0 Å². The van der Waals surface area contributed by atoms with E-state index < -0.39 is 0 Å². The highest BCUT2D eigenvalue weighted by Crippen LogP contribution is 2.28. The second-order valence-corrected chi connectivity index (χ2v) is 6.90. The van der Waals surface area contributed by atoms with Gasteiger partial charge in [-0.25, -0.2) is 0 Å². The van der Waals surface area contributed by atoms with Crippen LogP contribution in [0.5, 0.6) is 0 Å². The lowest BCUT2D eigenvalue weighted by Gasteiger charge is -2.34. The molecule has 1 N–H and O–H groups in total. The van der Waals surface area contributed by atoms with E-state index in [2.05, 4.69) is 48.3 Å². The molecule has 1 saturated heterocycles. The van der Waals surface area contributed by atoms with Gasteiger partial charge in [-0.15, -0.1) is 0 Å². The van der Waals surface area contributed by atoms with Crippen molar-refractivity contribution in [2.24, 2.45) is 5.92 Å². The Morgan fingerprint density at radius 2 is 2.00 bits per heavy atom. The molecule has 2 rings (SSSR count). The third-order valence-electron chi connectivity index (χ3n) is 4.23. The van der Waals surface area contributed by atoms with Crippen LogP contribution in [0.1, 0.15) is 32.3 Å². The maximum atomic E-state index is 12.2. The minimum atomic E-state index is -0.178. The van der Waals surface area contributed by atoms with Crippen molar-refractivity contribution < 1.29 is 9.53 Å². The lowest BCUT2D eigenvalue weighted by Crippen LogP contribution is -2.41. The number of benzene rings is 1. The fraction of sp³-hybridized carbons (Fsp3) is 0.611. The molecular weight excluding hydrogens is 276 g/mol. The summed E-state index contributed by atoms with van der Waals surface area (Å²) in [5.41, 5.74) is 2.26. The number of hydrogen-bond acceptors (Lipinski definition) is 3. The van der Waals surface area contributed by atoms with Gasteiger partial charge in [-0.3, -0.25) is 4.79 Å². The smallest absolute Gasteiger partial charge is 0.223 e. The Morgan fingerprint density at radius 3 is 2.59 bits per heavy atom. The Bertz CT molecular complexity index is 494. The highest BCUT2D eigenvalue weighted by atomic mass is 16.5. The SMILES string of the molecule is CN(C)c1ccc(CCNC(=O)C2CCOC(C)(C)C2)cc1. The minimum Gasteiger partial charge on any atom is -0.378 e. The van der Waals surface area contributed by atoms with Crippen LogP contribution >= 0.6 is 0 Å². The van der Waals surface area contributed by atoms with Crippen LogP contribution in [-0.2, 0) is 16.0 Å². The van der Waals surface area contributed by atoms with Crippen LogP contribution in [0.15, 0.2) is 24.3 Å². The molecule has 1 aromatic carbocycles. The van der Waals surface area contributed by atoms with E-state index in [1.165, 1.54) is 11.3 Å². The molecule has 22 heavy (non-hydrogen) atoms. The molecule has 0 aliphatic carbocycles. The molecule has 1 aromatic rings. The van der Waals surface area contributed by atoms with Crippen molar-refractivity contribution in [3.05, 3.63) is 29.8 Å². The van der Waals surface area contributed by atoms with Gasteiger partial charge in [-0.2, -0.15) is 0 Å². The molecule has 0 spiro atoms. The minimum absolute atomic E-state index is 0.0832. The highest BCUT2D eigenvalue weighted by Gasteiger charge is 2.32. The molecule has 0 aromatic heterocycles. The number of hydrogen-bond donors (Lipinski definition) is 1. The van der Waals surface area contributed by atoms with Crippen LogP contribution in [0.2, 0.25) is 0 Å². The van der Waals surface area contributed by atoms with Crippen molar-refractivity contribution in [2.45, 2.75) is 38.7 Å². The van der Waals surface area contributed by atoms with Gasteiger partial charge in [0.1, 0.15) is 0 Å². The largest absolute Gasteiger partial charge is 0.378 e. The number of carbonyl (C=O) groups is 1. The Morgan fingerprint density at radius 1 is 1.32 bits per heavy atom. The van der Waals surface area contributed by atoms with E-state index in [-0.39, 0.29) is 17.4 Å². The number of carbonyl (C=O) groups excluding carboxylic acids is 1. The van der Waals surface area contributed by atoms with Gasteiger partial charge in [0, 0.05) is 38.9 Å². The standard InChI is InChI=1S/C18H28N2O2/c1-18(2)13-15(10-12-22-18)17(21)19-11-9-14-5-7-16(8-6-14)20(3)4/h5-8,15H,9-13H2,1-4H3,(H,19,21). The van der Waals surface area contributed by atoms with E-state index in [1.807, 2.05) is 14.1 Å². The number of rotatable bonds is 5. The van der Waals surface area contributed by atoms with E-state index in [4.69, 9.17) is 4.74 Å². The van der Waals surface area contributed by atoms with Gasteiger partial charge in [-0.05, 0) is 50.8 Å². The zero-order valence-corrected chi connectivity index (χ0v) is 14.2. The van der Waals surface area contributed by atoms with Crippen molar-refractivity contribution in [1.82, 2.24) is 5.32 Å². The fourth-order valence-electron chi connectivity index (χ4n) is 2.89. The molecule has 1 unspecified atom stereocenters. The number of nitrogens with one attached hydrogen (secondary N) is 1. The maximum Gasteiger partial charge on any atom is 0.223 e. The second-order valence-electron chi connectivity index (χ2n) is 6.90. The van der Waals surface area contributed by atoms with Gasteiger partial charge < -0.3 is 15.0 Å². The molecule has 1 heterocycles. The molecule has 1 fully saturated rings. The normalized spacial score (nSPS) is 20.5. The van der Waals surface area contributed by atoms with E-state index in [0.29, 0.717) is 13.2 Å². The fourth-order valence-corrected chi connectivity index (χ4v) is 2.89. The monoisotopic (exact) mass is 304 g/mol. The van der Waals surface area contributed by atoms with Crippen LogP contribution in [0.25, 0.3) is 0 Å². The van der Waals surface area contributed by atoms with Crippen LogP contribution in [0.4, 0.5) is 5.69 Å². The number of amides is 1. The summed E-state index contributed by atoms with van der Waals surface area (Å²) >= 11 is 0. The van der Waals surface area contributed by atoms with Crippen LogP contribution in [0.3, 0.4) is 0 Å². The quantitative estimate of drug-likeness (QED) is 0.909. The zero-order valence-electron chi connectivity index (χ0n) is 14.2. The molecule has 1 atom stereocenters. The van der Waals surface area contributed by atoms with Gasteiger partial charge in [-0.1, -0.05) is 12.1 Å². The van der Waals surface area contributed by atoms with Gasteiger partial charge in [0.25, 0.3) is 0 Å². The van der Waals surface area contributed by atoms with E-state index >= 15 is 0 Å². The molecule has 0 saturated carbocycles. The Kier molecular flexibility index (Phi) is 5.46. The van der Waals surface area contributed by atoms with Crippen LogP contribution in [0, 0.1) is 5.92 Å². The summed E-state index contributed by atoms with van der Waals surface area (Å²) in [6.07, 6.45) is 2.50. The van der Waals surface area contributed by atoms with E-state index in [9.17, 15) is 4.79 Å². The topological polar surface area (TPSA) is 41.6 Å². The molecule has 0 bridgehead atoms. The van der Waals surface area contributed by atoms with Gasteiger partial charge in [0.15, 0.2) is 0 Å². The van der Waals surface area contributed by atoms with E-state index in [0.717, 1.165) is 19.3 Å². The Hall–Kier alpha value is -1.55. The van der Waals surface area contributed by atoms with Crippen molar-refractivity contribution in [1.29, 1.82) is 0 Å². The Labute approximate surface area is 133 Å². The van der Waals surface area contributed by atoms with Gasteiger partial charge >= 0.3 is 0 Å². The number of ether oxygens (including phenoxy) is 1. The molecule has 122 valence electrons. The predicted octanol–water partition coefficient (Wildman–Crippen LogP) is 2.62. The third kappa shape index (κ3) is 4.73. The van der Waals surface area contributed by atoms with Crippen LogP contribution < -0.4 is 10.2 Å². The summed E-state index contributed by atoms with van der Waals surface area (Å²) in [4.78, 5) is 14.3. The average Bonchev–Trinajstić information content (AvgIpc) is 2.46. The molecule has 1 amide bonds. The van der Waals surface area contributed by atoms with Gasteiger partial charge in [0.2, 0.25) is 5.91 Å². The third-order valence-corrected chi connectivity index (χ3v) is 4.23. The summed E-state index contributed by atoms with van der Waals surface area (Å²) in [6.45, 7) is 5.48. The first kappa shape index (κ1) is 16.8. The zero-order chi connectivity index (χ0) is 16.2. The first-order valence-electron chi connectivity index (χ1n) is 8.05. The molecular formula is C18H28N2O2. The van der Waals surface area contributed by atoms with Gasteiger partial charge in [0.05, 0.1) is 5.60 Å². The van der Waals surface area contributed by atoms with Crippen molar-refractivity contribution in [3.8, 4) is 0 Å². The summed E-state index contributed by atoms with van der Waals surface area (Å²) in [5.74, 6) is 0.251. The first-order valence-corrected chi connectivity index (χ1v) is 8.05. The molecule has 4 nitrogen and oxygen atoms in total.